The summed E-state index contributed by atoms with van der Waals surface area (Å²) in [7, 11) is 0. The van der Waals surface area contributed by atoms with Gasteiger partial charge in [0.15, 0.2) is 0 Å². The third-order valence-corrected chi connectivity index (χ3v) is 2.76. The highest BCUT2D eigenvalue weighted by molar-refractivity contribution is 6.05. The molecular formula is C15H14ClNO3. The van der Waals surface area contributed by atoms with Crippen molar-refractivity contribution in [2.24, 2.45) is 0 Å². The van der Waals surface area contributed by atoms with E-state index >= 15 is 0 Å². The zero-order valence-corrected chi connectivity index (χ0v) is 11.6. The maximum absolute atomic E-state index is 12.1. The number of benzene rings is 2. The van der Waals surface area contributed by atoms with E-state index in [2.05, 4.69) is 5.32 Å². The molecule has 5 heteroatoms. The molecule has 0 atom stereocenters. The molecule has 4 nitrogen and oxygen atoms in total. The molecule has 0 fully saturated rings. The number of anilines is 1. The lowest BCUT2D eigenvalue weighted by atomic mass is 10.1. The molecule has 104 valence electrons. The van der Waals surface area contributed by atoms with Gasteiger partial charge in [-0.15, -0.1) is 12.4 Å². The van der Waals surface area contributed by atoms with Crippen LogP contribution in [-0.4, -0.2) is 17.0 Å². The second kappa shape index (κ2) is 6.73. The minimum Gasteiger partial charge on any atom is -0.478 e. The number of nitrogens with one attached hydrogen (secondary N) is 1. The van der Waals surface area contributed by atoms with Gasteiger partial charge in [0.05, 0.1) is 5.56 Å². The zero-order chi connectivity index (χ0) is 13.8. The van der Waals surface area contributed by atoms with Crippen molar-refractivity contribution in [1.82, 2.24) is 0 Å². The van der Waals surface area contributed by atoms with Gasteiger partial charge in [0.25, 0.3) is 5.91 Å². The molecule has 1 amide bonds. The first-order valence-corrected chi connectivity index (χ1v) is 5.78. The maximum Gasteiger partial charge on any atom is 0.335 e. The van der Waals surface area contributed by atoms with Gasteiger partial charge in [-0.1, -0.05) is 24.3 Å². The molecule has 0 bridgehead atoms. The molecule has 0 radical (unpaired) electrons. The van der Waals surface area contributed by atoms with Crippen molar-refractivity contribution in [2.45, 2.75) is 6.92 Å². The lowest BCUT2D eigenvalue weighted by Gasteiger charge is -2.08. The van der Waals surface area contributed by atoms with Crippen LogP contribution in [0.3, 0.4) is 0 Å². The van der Waals surface area contributed by atoms with E-state index < -0.39 is 5.97 Å². The first-order valence-electron chi connectivity index (χ1n) is 5.78. The molecule has 0 aliphatic carbocycles. The van der Waals surface area contributed by atoms with Crippen LogP contribution in [-0.2, 0) is 0 Å². The number of aromatic carboxylic acids is 1. The quantitative estimate of drug-likeness (QED) is 0.911. The van der Waals surface area contributed by atoms with E-state index in [0.717, 1.165) is 5.56 Å². The van der Waals surface area contributed by atoms with E-state index in [1.165, 1.54) is 12.1 Å². The predicted octanol–water partition coefficient (Wildman–Crippen LogP) is 3.37. The molecule has 0 heterocycles. The van der Waals surface area contributed by atoms with Crippen LogP contribution in [0.15, 0.2) is 48.5 Å². The van der Waals surface area contributed by atoms with Gasteiger partial charge in [0, 0.05) is 11.3 Å². The van der Waals surface area contributed by atoms with Gasteiger partial charge in [-0.05, 0) is 36.8 Å². The van der Waals surface area contributed by atoms with Crippen LogP contribution in [0.1, 0.15) is 26.3 Å². The van der Waals surface area contributed by atoms with Crippen molar-refractivity contribution >= 4 is 30.0 Å². The Labute approximate surface area is 122 Å². The van der Waals surface area contributed by atoms with Crippen LogP contribution in [0.2, 0.25) is 0 Å². The van der Waals surface area contributed by atoms with Gasteiger partial charge in [0.2, 0.25) is 0 Å². The minimum atomic E-state index is -1.02. The minimum absolute atomic E-state index is 0. The van der Waals surface area contributed by atoms with Crippen LogP contribution in [0.4, 0.5) is 5.69 Å². The average Bonchev–Trinajstić information content (AvgIpc) is 2.39. The highest BCUT2D eigenvalue weighted by Gasteiger charge is 2.09. The number of aryl methyl sites for hydroxylation is 1. The molecule has 0 aromatic heterocycles. The molecule has 20 heavy (non-hydrogen) atoms. The first kappa shape index (κ1) is 15.7. The normalized spacial score (nSPS) is 9.45. The zero-order valence-electron chi connectivity index (χ0n) is 10.8. The number of amides is 1. The lowest BCUT2D eigenvalue weighted by molar-refractivity contribution is 0.0696. The highest BCUT2D eigenvalue weighted by atomic mass is 35.5. The summed E-state index contributed by atoms with van der Waals surface area (Å²) in [4.78, 5) is 22.9. The summed E-state index contributed by atoms with van der Waals surface area (Å²) in [6.07, 6.45) is 0. The molecular weight excluding hydrogens is 278 g/mol. The number of carbonyl (C=O) groups is 2. The average molecular weight is 292 g/mol. The van der Waals surface area contributed by atoms with Gasteiger partial charge >= 0.3 is 5.97 Å². The van der Waals surface area contributed by atoms with Crippen LogP contribution in [0, 0.1) is 6.92 Å². The molecule has 2 N–H and O–H groups in total. The fourth-order valence-electron chi connectivity index (χ4n) is 1.76. The van der Waals surface area contributed by atoms with Crippen molar-refractivity contribution < 1.29 is 14.7 Å². The lowest BCUT2D eigenvalue weighted by Crippen LogP contribution is -2.13. The number of hydrogen-bond acceptors (Lipinski definition) is 2. The summed E-state index contributed by atoms with van der Waals surface area (Å²) in [5.41, 5.74) is 2.05. The van der Waals surface area contributed by atoms with Gasteiger partial charge in [-0.2, -0.15) is 0 Å². The molecule has 0 spiro atoms. The number of carboxylic acid groups (broad SMARTS) is 1. The summed E-state index contributed by atoms with van der Waals surface area (Å²) in [6.45, 7) is 1.85. The van der Waals surface area contributed by atoms with Crippen LogP contribution >= 0.6 is 12.4 Å². The number of rotatable bonds is 3. The van der Waals surface area contributed by atoms with Gasteiger partial charge < -0.3 is 10.4 Å². The molecule has 0 unspecified atom stereocenters. The van der Waals surface area contributed by atoms with E-state index in [1.807, 2.05) is 19.1 Å². The van der Waals surface area contributed by atoms with Gasteiger partial charge in [0.1, 0.15) is 0 Å². The summed E-state index contributed by atoms with van der Waals surface area (Å²) >= 11 is 0. The Balaban J connectivity index is 0.00000200. The smallest absolute Gasteiger partial charge is 0.335 e. The largest absolute Gasteiger partial charge is 0.478 e. The highest BCUT2D eigenvalue weighted by Crippen LogP contribution is 2.14. The van der Waals surface area contributed by atoms with Crippen molar-refractivity contribution in [3.63, 3.8) is 0 Å². The Morgan fingerprint density at radius 3 is 2.40 bits per heavy atom. The van der Waals surface area contributed by atoms with Crippen molar-refractivity contribution in [2.75, 3.05) is 5.32 Å². The predicted molar refractivity (Wildman–Crippen MR) is 79.8 cm³/mol. The standard InChI is InChI=1S/C15H13NO3.ClH/c1-10-5-2-3-8-13(10)14(17)16-12-7-4-6-11(9-12)15(18)19;/h2-9H,1H3,(H,16,17)(H,18,19);1H. The SMILES string of the molecule is Cc1ccccc1C(=O)Nc1cccc(C(=O)O)c1.Cl. The van der Waals surface area contributed by atoms with E-state index in [1.54, 1.807) is 24.3 Å². The van der Waals surface area contributed by atoms with Crippen LogP contribution < -0.4 is 5.32 Å². The monoisotopic (exact) mass is 291 g/mol. The fraction of sp³-hybridized carbons (Fsp3) is 0.0667. The Morgan fingerprint density at radius 1 is 1.05 bits per heavy atom. The molecule has 2 aromatic carbocycles. The number of hydrogen-bond donors (Lipinski definition) is 2. The fourth-order valence-corrected chi connectivity index (χ4v) is 1.76. The van der Waals surface area contributed by atoms with E-state index in [-0.39, 0.29) is 23.9 Å². The maximum atomic E-state index is 12.1. The van der Waals surface area contributed by atoms with Crippen LogP contribution in [0.5, 0.6) is 0 Å². The van der Waals surface area contributed by atoms with Gasteiger partial charge in [-0.3, -0.25) is 4.79 Å². The Morgan fingerprint density at radius 2 is 1.75 bits per heavy atom. The van der Waals surface area contributed by atoms with Crippen molar-refractivity contribution in [3.05, 3.63) is 65.2 Å². The molecule has 0 aliphatic rings. The Hall–Kier alpha value is -2.33. The summed E-state index contributed by atoms with van der Waals surface area (Å²) in [5, 5.41) is 11.6. The van der Waals surface area contributed by atoms with E-state index in [9.17, 15) is 9.59 Å². The molecule has 0 aliphatic heterocycles. The second-order valence-electron chi connectivity index (χ2n) is 4.16. The van der Waals surface area contributed by atoms with Crippen molar-refractivity contribution in [1.29, 1.82) is 0 Å². The molecule has 0 saturated heterocycles. The van der Waals surface area contributed by atoms with E-state index in [4.69, 9.17) is 5.11 Å². The number of carbonyl (C=O) groups excluding carboxylic acids is 1. The molecule has 0 saturated carbocycles. The Kier molecular flexibility index (Phi) is 5.29. The number of carboxylic acids is 1. The topological polar surface area (TPSA) is 66.4 Å². The number of halogens is 1. The first-order chi connectivity index (χ1) is 9.08. The van der Waals surface area contributed by atoms with Crippen LogP contribution in [0.25, 0.3) is 0 Å². The van der Waals surface area contributed by atoms with Crippen molar-refractivity contribution in [3.8, 4) is 0 Å². The summed E-state index contributed by atoms with van der Waals surface area (Å²) in [6, 6.07) is 13.4. The third kappa shape index (κ3) is 3.59. The van der Waals surface area contributed by atoms with Gasteiger partial charge in [-0.25, -0.2) is 4.79 Å². The second-order valence-corrected chi connectivity index (χ2v) is 4.16. The Bertz CT molecular complexity index is 641. The molecule has 2 rings (SSSR count). The van der Waals surface area contributed by atoms with E-state index in [0.29, 0.717) is 11.3 Å². The summed E-state index contributed by atoms with van der Waals surface area (Å²) < 4.78 is 0. The third-order valence-electron chi connectivity index (χ3n) is 2.76. The summed E-state index contributed by atoms with van der Waals surface area (Å²) in [5.74, 6) is -1.27. The molecule has 2 aromatic rings.